The van der Waals surface area contributed by atoms with Crippen molar-refractivity contribution in [3.05, 3.63) is 47.3 Å². The average molecular weight is 351 g/mol. The van der Waals surface area contributed by atoms with Crippen LogP contribution in [0.15, 0.2) is 30.3 Å². The van der Waals surface area contributed by atoms with Gasteiger partial charge in [-0.2, -0.15) is 5.10 Å². The first-order valence-electron chi connectivity index (χ1n) is 8.12. The van der Waals surface area contributed by atoms with Gasteiger partial charge in [-0.1, -0.05) is 25.5 Å². The number of aromatic nitrogens is 2. The van der Waals surface area contributed by atoms with Crippen molar-refractivity contribution in [2.24, 2.45) is 5.73 Å². The summed E-state index contributed by atoms with van der Waals surface area (Å²) in [5, 5.41) is 7.45. The molecule has 6 heteroatoms. The molecular formula is C18H27ClN4O. The minimum Gasteiger partial charge on any atom is -0.348 e. The van der Waals surface area contributed by atoms with Crippen LogP contribution in [0, 0.1) is 13.8 Å². The first kappa shape index (κ1) is 20.2. The highest BCUT2D eigenvalue weighted by Gasteiger charge is 2.15. The smallest absolute Gasteiger partial charge is 0.237 e. The fourth-order valence-corrected chi connectivity index (χ4v) is 2.64. The van der Waals surface area contributed by atoms with Gasteiger partial charge in [0.25, 0.3) is 0 Å². The molecule has 3 N–H and O–H groups in total. The zero-order valence-corrected chi connectivity index (χ0v) is 15.6. The number of rotatable bonds is 6. The molecule has 0 aliphatic heterocycles. The molecule has 0 bridgehead atoms. The number of carbonyl (C=O) groups is 1. The van der Waals surface area contributed by atoms with E-state index in [-0.39, 0.29) is 24.4 Å². The van der Waals surface area contributed by atoms with E-state index in [1.165, 1.54) is 0 Å². The summed E-state index contributed by atoms with van der Waals surface area (Å²) in [6, 6.07) is 9.61. The zero-order valence-electron chi connectivity index (χ0n) is 14.7. The van der Waals surface area contributed by atoms with Crippen molar-refractivity contribution in [2.75, 3.05) is 0 Å². The molecule has 132 valence electrons. The van der Waals surface area contributed by atoms with E-state index in [4.69, 9.17) is 5.73 Å². The van der Waals surface area contributed by atoms with Gasteiger partial charge in [0.2, 0.25) is 5.91 Å². The molecule has 0 fully saturated rings. The highest BCUT2D eigenvalue weighted by Crippen LogP contribution is 2.17. The summed E-state index contributed by atoms with van der Waals surface area (Å²) in [7, 11) is 0. The maximum absolute atomic E-state index is 12.0. The number of nitrogens with two attached hydrogens (primary N) is 1. The van der Waals surface area contributed by atoms with E-state index < -0.39 is 6.04 Å². The molecule has 1 heterocycles. The van der Waals surface area contributed by atoms with Gasteiger partial charge >= 0.3 is 0 Å². The summed E-state index contributed by atoms with van der Waals surface area (Å²) in [4.78, 5) is 12.0. The first-order valence-corrected chi connectivity index (χ1v) is 8.12. The van der Waals surface area contributed by atoms with Crippen LogP contribution >= 0.6 is 12.4 Å². The Hall–Kier alpha value is -1.85. The third kappa shape index (κ3) is 4.82. The van der Waals surface area contributed by atoms with Gasteiger partial charge in [-0.3, -0.25) is 4.79 Å². The SMILES string of the molecule is CCCC(N)C(=O)NC(C)c1ccc(-n2nc(C)cc2C)cc1.Cl. The Morgan fingerprint density at radius 3 is 2.42 bits per heavy atom. The van der Waals surface area contributed by atoms with Gasteiger partial charge in [0.05, 0.1) is 23.5 Å². The third-order valence-corrected chi connectivity index (χ3v) is 3.94. The van der Waals surface area contributed by atoms with Crippen molar-refractivity contribution >= 4 is 18.3 Å². The van der Waals surface area contributed by atoms with Gasteiger partial charge in [0.1, 0.15) is 0 Å². The number of nitrogens with one attached hydrogen (secondary N) is 1. The van der Waals surface area contributed by atoms with Crippen LogP contribution in [0.3, 0.4) is 0 Å². The van der Waals surface area contributed by atoms with Gasteiger partial charge in [-0.25, -0.2) is 4.68 Å². The van der Waals surface area contributed by atoms with Crippen LogP contribution in [-0.2, 0) is 4.79 Å². The number of hydrogen-bond acceptors (Lipinski definition) is 3. The van der Waals surface area contributed by atoms with Gasteiger partial charge in [-0.15, -0.1) is 12.4 Å². The van der Waals surface area contributed by atoms with Crippen molar-refractivity contribution in [2.45, 2.75) is 52.6 Å². The molecule has 2 aromatic rings. The van der Waals surface area contributed by atoms with Crippen molar-refractivity contribution in [3.63, 3.8) is 0 Å². The quantitative estimate of drug-likeness (QED) is 0.840. The zero-order chi connectivity index (χ0) is 17.0. The van der Waals surface area contributed by atoms with E-state index >= 15 is 0 Å². The second-order valence-electron chi connectivity index (χ2n) is 6.06. The summed E-state index contributed by atoms with van der Waals surface area (Å²) in [5.74, 6) is -0.0954. The molecule has 24 heavy (non-hydrogen) atoms. The highest BCUT2D eigenvalue weighted by molar-refractivity contribution is 5.85. The number of benzene rings is 1. The largest absolute Gasteiger partial charge is 0.348 e. The Morgan fingerprint density at radius 2 is 1.92 bits per heavy atom. The van der Waals surface area contributed by atoms with E-state index in [2.05, 4.69) is 10.4 Å². The third-order valence-electron chi connectivity index (χ3n) is 3.94. The normalized spacial score (nSPS) is 13.0. The van der Waals surface area contributed by atoms with E-state index in [1.54, 1.807) is 0 Å². The molecule has 1 aromatic carbocycles. The molecule has 0 saturated carbocycles. The van der Waals surface area contributed by atoms with Crippen molar-refractivity contribution < 1.29 is 4.79 Å². The first-order chi connectivity index (χ1) is 10.9. The number of carbonyl (C=O) groups excluding carboxylic acids is 1. The van der Waals surface area contributed by atoms with Crippen LogP contribution in [0.1, 0.15) is 49.7 Å². The summed E-state index contributed by atoms with van der Waals surface area (Å²) in [5.41, 5.74) is 10.0. The lowest BCUT2D eigenvalue weighted by Gasteiger charge is -2.18. The molecule has 2 atom stereocenters. The molecular weight excluding hydrogens is 324 g/mol. The Balaban J connectivity index is 0.00000288. The van der Waals surface area contributed by atoms with Crippen LogP contribution in [0.5, 0.6) is 0 Å². The Morgan fingerprint density at radius 1 is 1.29 bits per heavy atom. The minimum atomic E-state index is -0.434. The maximum atomic E-state index is 12.0. The monoisotopic (exact) mass is 350 g/mol. The molecule has 2 unspecified atom stereocenters. The Bertz CT molecular complexity index is 666. The number of aryl methyl sites for hydroxylation is 2. The Kier molecular flexibility index (Phi) is 7.45. The second-order valence-corrected chi connectivity index (χ2v) is 6.06. The molecule has 5 nitrogen and oxygen atoms in total. The lowest BCUT2D eigenvalue weighted by atomic mass is 10.1. The molecule has 1 aromatic heterocycles. The van der Waals surface area contributed by atoms with Crippen LogP contribution in [0.25, 0.3) is 5.69 Å². The predicted molar refractivity (Wildman–Crippen MR) is 99.7 cm³/mol. The standard InChI is InChI=1S/C18H26N4O.ClH/c1-5-6-17(19)18(23)20-14(4)15-7-9-16(10-8-15)22-13(3)11-12(2)21-22;/h7-11,14,17H,5-6,19H2,1-4H3,(H,20,23);1H. The minimum absolute atomic E-state index is 0. The van der Waals surface area contributed by atoms with E-state index in [9.17, 15) is 4.79 Å². The van der Waals surface area contributed by atoms with Crippen molar-refractivity contribution in [1.29, 1.82) is 0 Å². The molecule has 0 radical (unpaired) electrons. The fourth-order valence-electron chi connectivity index (χ4n) is 2.64. The van der Waals surface area contributed by atoms with E-state index in [0.29, 0.717) is 6.42 Å². The second kappa shape index (κ2) is 8.85. The summed E-state index contributed by atoms with van der Waals surface area (Å²) in [6.45, 7) is 8.00. The molecule has 2 rings (SSSR count). The number of nitrogens with zero attached hydrogens (tertiary/aromatic N) is 2. The van der Waals surface area contributed by atoms with Gasteiger partial charge in [0, 0.05) is 5.69 Å². The number of halogens is 1. The number of amides is 1. The van der Waals surface area contributed by atoms with Gasteiger partial charge in [0.15, 0.2) is 0 Å². The number of hydrogen-bond donors (Lipinski definition) is 2. The molecule has 0 spiro atoms. The fraction of sp³-hybridized carbons (Fsp3) is 0.444. The van der Waals surface area contributed by atoms with Crippen LogP contribution < -0.4 is 11.1 Å². The average Bonchev–Trinajstić information content (AvgIpc) is 2.86. The maximum Gasteiger partial charge on any atom is 0.237 e. The van der Waals surface area contributed by atoms with Gasteiger partial charge < -0.3 is 11.1 Å². The Labute approximate surface area is 150 Å². The summed E-state index contributed by atoms with van der Waals surface area (Å²) < 4.78 is 1.92. The predicted octanol–water partition coefficient (Wildman–Crippen LogP) is 3.22. The summed E-state index contributed by atoms with van der Waals surface area (Å²) in [6.07, 6.45) is 1.61. The lowest BCUT2D eigenvalue weighted by molar-refractivity contribution is -0.123. The van der Waals surface area contributed by atoms with Crippen LogP contribution in [0.4, 0.5) is 0 Å². The molecule has 0 aliphatic rings. The van der Waals surface area contributed by atoms with Crippen LogP contribution in [-0.4, -0.2) is 21.7 Å². The molecule has 0 saturated heterocycles. The lowest BCUT2D eigenvalue weighted by Crippen LogP contribution is -2.41. The molecule has 0 aliphatic carbocycles. The molecule has 1 amide bonds. The van der Waals surface area contributed by atoms with Crippen molar-refractivity contribution in [3.8, 4) is 5.69 Å². The van der Waals surface area contributed by atoms with Crippen LogP contribution in [0.2, 0.25) is 0 Å². The van der Waals surface area contributed by atoms with Gasteiger partial charge in [-0.05, 0) is 51.0 Å². The van der Waals surface area contributed by atoms with Crippen molar-refractivity contribution in [1.82, 2.24) is 15.1 Å². The van der Waals surface area contributed by atoms with E-state index in [0.717, 1.165) is 29.1 Å². The highest BCUT2D eigenvalue weighted by atomic mass is 35.5. The van der Waals surface area contributed by atoms with E-state index in [1.807, 2.05) is 62.7 Å². The topological polar surface area (TPSA) is 72.9 Å². The summed E-state index contributed by atoms with van der Waals surface area (Å²) >= 11 is 0.